The molecule has 1 amide bonds. The zero-order valence-corrected chi connectivity index (χ0v) is 13.1. The van der Waals surface area contributed by atoms with Gasteiger partial charge in [-0.2, -0.15) is 0 Å². The molecule has 2 atom stereocenters. The van der Waals surface area contributed by atoms with Crippen LogP contribution in [0.3, 0.4) is 0 Å². The molecule has 120 valence electrons. The molecule has 1 aromatic heterocycles. The van der Waals surface area contributed by atoms with Crippen molar-refractivity contribution < 1.29 is 14.3 Å². The number of carbonyl (C=O) groups is 1. The summed E-state index contributed by atoms with van der Waals surface area (Å²) < 4.78 is 10.9. The molecule has 2 fully saturated rings. The summed E-state index contributed by atoms with van der Waals surface area (Å²) in [6.45, 7) is 4.63. The molecular formula is C17H24N2O3. The molecule has 1 aromatic rings. The van der Waals surface area contributed by atoms with Crippen molar-refractivity contribution in [3.63, 3.8) is 0 Å². The number of ether oxygens (including phenoxy) is 2. The van der Waals surface area contributed by atoms with Crippen molar-refractivity contribution in [1.82, 2.24) is 10.3 Å². The molecule has 3 heterocycles. The molecular weight excluding hydrogens is 280 g/mol. The van der Waals surface area contributed by atoms with Gasteiger partial charge in [-0.3, -0.25) is 9.78 Å². The fourth-order valence-electron chi connectivity index (χ4n) is 3.33. The van der Waals surface area contributed by atoms with Crippen LogP contribution in [0.4, 0.5) is 0 Å². The minimum atomic E-state index is -0.0557. The first-order chi connectivity index (χ1) is 10.7. The summed E-state index contributed by atoms with van der Waals surface area (Å²) in [6.07, 6.45) is 3.01. The monoisotopic (exact) mass is 304 g/mol. The molecule has 2 saturated heterocycles. The number of carbonyl (C=O) groups excluding carboxylic acids is 1. The lowest BCUT2D eigenvalue weighted by atomic mass is 9.93. The lowest BCUT2D eigenvalue weighted by Gasteiger charge is -2.25. The van der Waals surface area contributed by atoms with Crippen LogP contribution < -0.4 is 5.32 Å². The van der Waals surface area contributed by atoms with Gasteiger partial charge in [0.1, 0.15) is 0 Å². The van der Waals surface area contributed by atoms with Crippen molar-refractivity contribution in [2.75, 3.05) is 26.4 Å². The summed E-state index contributed by atoms with van der Waals surface area (Å²) in [7, 11) is 0. The van der Waals surface area contributed by atoms with Crippen molar-refractivity contribution in [2.24, 2.45) is 5.92 Å². The molecule has 3 rings (SSSR count). The third-order valence-electron chi connectivity index (χ3n) is 4.55. The van der Waals surface area contributed by atoms with E-state index in [2.05, 4.69) is 17.4 Å². The SMILES string of the molecule is CC(=O)NC(c1cccc(C2CCOCC2)n1)C1CCOC1. The molecule has 0 spiro atoms. The first-order valence-corrected chi connectivity index (χ1v) is 8.13. The first-order valence-electron chi connectivity index (χ1n) is 8.13. The number of hydrogen-bond acceptors (Lipinski definition) is 4. The smallest absolute Gasteiger partial charge is 0.217 e. The van der Waals surface area contributed by atoms with Gasteiger partial charge < -0.3 is 14.8 Å². The van der Waals surface area contributed by atoms with Gasteiger partial charge >= 0.3 is 0 Å². The Hall–Kier alpha value is -1.46. The highest BCUT2D eigenvalue weighted by molar-refractivity contribution is 5.73. The summed E-state index contributed by atoms with van der Waals surface area (Å²) in [5.74, 6) is 0.753. The quantitative estimate of drug-likeness (QED) is 0.926. The average Bonchev–Trinajstić information content (AvgIpc) is 3.08. The van der Waals surface area contributed by atoms with Gasteiger partial charge in [0.15, 0.2) is 0 Å². The standard InChI is InChI=1S/C17H24N2O3/c1-12(20)18-17(14-7-10-22-11-14)16-4-2-3-15(19-16)13-5-8-21-9-6-13/h2-4,13-14,17H,5-11H2,1H3,(H,18,20). The molecule has 22 heavy (non-hydrogen) atoms. The topological polar surface area (TPSA) is 60.5 Å². The van der Waals surface area contributed by atoms with Gasteiger partial charge in [0.2, 0.25) is 5.91 Å². The zero-order chi connectivity index (χ0) is 15.4. The predicted octanol–water partition coefficient (Wildman–Crippen LogP) is 2.19. The zero-order valence-electron chi connectivity index (χ0n) is 13.1. The predicted molar refractivity (Wildman–Crippen MR) is 82.5 cm³/mol. The summed E-state index contributed by atoms with van der Waals surface area (Å²) in [4.78, 5) is 16.4. The number of aromatic nitrogens is 1. The molecule has 0 bridgehead atoms. The van der Waals surface area contributed by atoms with Crippen LogP contribution in [0.15, 0.2) is 18.2 Å². The van der Waals surface area contributed by atoms with Crippen LogP contribution in [0.25, 0.3) is 0 Å². The molecule has 0 radical (unpaired) electrons. The van der Waals surface area contributed by atoms with Gasteiger partial charge in [0.05, 0.1) is 18.3 Å². The van der Waals surface area contributed by atoms with Crippen LogP contribution in [0.5, 0.6) is 0 Å². The van der Waals surface area contributed by atoms with E-state index in [0.717, 1.165) is 50.5 Å². The van der Waals surface area contributed by atoms with Crippen molar-refractivity contribution in [1.29, 1.82) is 0 Å². The van der Waals surface area contributed by atoms with E-state index in [9.17, 15) is 4.79 Å². The molecule has 0 aliphatic carbocycles. The highest BCUT2D eigenvalue weighted by Crippen LogP contribution is 2.30. The molecule has 2 unspecified atom stereocenters. The molecule has 0 saturated carbocycles. The average molecular weight is 304 g/mol. The third-order valence-corrected chi connectivity index (χ3v) is 4.55. The Morgan fingerprint density at radius 1 is 1.23 bits per heavy atom. The fraction of sp³-hybridized carbons (Fsp3) is 0.647. The molecule has 5 nitrogen and oxygen atoms in total. The van der Waals surface area contributed by atoms with Crippen LogP contribution >= 0.6 is 0 Å². The Morgan fingerprint density at radius 3 is 2.68 bits per heavy atom. The van der Waals surface area contributed by atoms with E-state index in [4.69, 9.17) is 14.5 Å². The normalized spacial score (nSPS) is 24.1. The van der Waals surface area contributed by atoms with Gasteiger partial charge in [0, 0.05) is 44.3 Å². The van der Waals surface area contributed by atoms with Crippen LogP contribution in [-0.4, -0.2) is 37.3 Å². The van der Waals surface area contributed by atoms with Crippen LogP contribution in [0, 0.1) is 5.92 Å². The Balaban J connectivity index is 1.81. The molecule has 1 N–H and O–H groups in total. The van der Waals surface area contributed by atoms with Gasteiger partial charge in [-0.1, -0.05) is 6.07 Å². The van der Waals surface area contributed by atoms with E-state index in [-0.39, 0.29) is 11.9 Å². The highest BCUT2D eigenvalue weighted by Gasteiger charge is 2.29. The Kier molecular flexibility index (Phi) is 5.05. The number of hydrogen-bond donors (Lipinski definition) is 1. The second kappa shape index (κ2) is 7.20. The summed E-state index contributed by atoms with van der Waals surface area (Å²) in [5.41, 5.74) is 2.07. The Bertz CT molecular complexity index is 508. The van der Waals surface area contributed by atoms with Crippen molar-refractivity contribution in [3.05, 3.63) is 29.6 Å². The van der Waals surface area contributed by atoms with E-state index in [1.54, 1.807) is 6.92 Å². The third kappa shape index (κ3) is 3.65. The van der Waals surface area contributed by atoms with Crippen LogP contribution in [-0.2, 0) is 14.3 Å². The Labute approximate surface area is 131 Å². The number of pyridine rings is 1. The maximum atomic E-state index is 11.6. The minimum absolute atomic E-state index is 0.0184. The fourth-order valence-corrected chi connectivity index (χ4v) is 3.33. The van der Waals surface area contributed by atoms with E-state index < -0.39 is 0 Å². The van der Waals surface area contributed by atoms with Gasteiger partial charge in [0.25, 0.3) is 0 Å². The van der Waals surface area contributed by atoms with E-state index >= 15 is 0 Å². The van der Waals surface area contributed by atoms with Crippen molar-refractivity contribution in [3.8, 4) is 0 Å². The van der Waals surface area contributed by atoms with Crippen LogP contribution in [0.2, 0.25) is 0 Å². The van der Waals surface area contributed by atoms with E-state index in [1.165, 1.54) is 0 Å². The van der Waals surface area contributed by atoms with Gasteiger partial charge in [-0.05, 0) is 31.4 Å². The summed E-state index contributed by atoms with van der Waals surface area (Å²) in [6, 6.07) is 6.11. The van der Waals surface area contributed by atoms with E-state index in [1.807, 2.05) is 6.07 Å². The number of amides is 1. The molecule has 0 aromatic carbocycles. The van der Waals surface area contributed by atoms with Crippen LogP contribution in [0.1, 0.15) is 49.5 Å². The second-order valence-corrected chi connectivity index (χ2v) is 6.18. The highest BCUT2D eigenvalue weighted by atomic mass is 16.5. The van der Waals surface area contributed by atoms with Gasteiger partial charge in [-0.15, -0.1) is 0 Å². The second-order valence-electron chi connectivity index (χ2n) is 6.18. The first kappa shape index (κ1) is 15.4. The maximum Gasteiger partial charge on any atom is 0.217 e. The number of rotatable bonds is 4. The summed E-state index contributed by atoms with van der Waals surface area (Å²) >= 11 is 0. The molecule has 5 heteroatoms. The number of nitrogens with one attached hydrogen (secondary N) is 1. The molecule has 2 aliphatic heterocycles. The lowest BCUT2D eigenvalue weighted by Crippen LogP contribution is -2.33. The van der Waals surface area contributed by atoms with Crippen molar-refractivity contribution >= 4 is 5.91 Å². The number of nitrogens with zero attached hydrogens (tertiary/aromatic N) is 1. The molecule has 2 aliphatic rings. The Morgan fingerprint density at radius 2 is 2.00 bits per heavy atom. The lowest BCUT2D eigenvalue weighted by molar-refractivity contribution is -0.120. The summed E-state index contributed by atoms with van der Waals surface area (Å²) in [5, 5.41) is 3.06. The largest absolute Gasteiger partial charge is 0.381 e. The maximum absolute atomic E-state index is 11.6. The minimum Gasteiger partial charge on any atom is -0.381 e. The van der Waals surface area contributed by atoms with E-state index in [0.29, 0.717) is 18.4 Å². The van der Waals surface area contributed by atoms with Crippen molar-refractivity contribution in [2.45, 2.75) is 38.1 Å². The van der Waals surface area contributed by atoms with Gasteiger partial charge in [-0.25, -0.2) is 0 Å².